The van der Waals surface area contributed by atoms with Gasteiger partial charge in [0.15, 0.2) is 5.17 Å². The van der Waals surface area contributed by atoms with Crippen LogP contribution in [-0.2, 0) is 4.79 Å². The smallest absolute Gasteiger partial charge is 0.270 e. The zero-order valence-electron chi connectivity index (χ0n) is 12.1. The van der Waals surface area contributed by atoms with Gasteiger partial charge >= 0.3 is 0 Å². The van der Waals surface area contributed by atoms with Crippen LogP contribution in [0.1, 0.15) is 5.56 Å². The number of hydrogen-bond donors (Lipinski definition) is 1. The molecule has 0 spiro atoms. The van der Waals surface area contributed by atoms with Gasteiger partial charge in [-0.15, -0.1) is 0 Å². The zero-order chi connectivity index (χ0) is 17.1. The molecular formula is C16H10FN3O3S. The van der Waals surface area contributed by atoms with Crippen molar-refractivity contribution in [3.8, 4) is 0 Å². The van der Waals surface area contributed by atoms with Crippen LogP contribution in [0.3, 0.4) is 0 Å². The maximum Gasteiger partial charge on any atom is 0.270 e. The topological polar surface area (TPSA) is 84.6 Å². The van der Waals surface area contributed by atoms with Crippen LogP contribution >= 0.6 is 11.8 Å². The number of nitrogens with zero attached hydrogens (tertiary/aromatic N) is 2. The van der Waals surface area contributed by atoms with Gasteiger partial charge in [0.25, 0.3) is 11.6 Å². The molecule has 1 heterocycles. The van der Waals surface area contributed by atoms with E-state index < -0.39 is 10.7 Å². The van der Waals surface area contributed by atoms with Crippen LogP contribution in [0.4, 0.5) is 15.8 Å². The van der Waals surface area contributed by atoms with Crippen molar-refractivity contribution in [3.05, 3.63) is 74.9 Å². The van der Waals surface area contributed by atoms with Gasteiger partial charge in [0, 0.05) is 12.1 Å². The lowest BCUT2D eigenvalue weighted by Crippen LogP contribution is -2.19. The Morgan fingerprint density at radius 1 is 1.21 bits per heavy atom. The molecule has 120 valence electrons. The third kappa shape index (κ3) is 3.49. The molecule has 0 aromatic heterocycles. The highest BCUT2D eigenvalue weighted by atomic mass is 32.2. The van der Waals surface area contributed by atoms with Crippen molar-refractivity contribution in [2.45, 2.75) is 0 Å². The van der Waals surface area contributed by atoms with Gasteiger partial charge in [-0.1, -0.05) is 24.3 Å². The van der Waals surface area contributed by atoms with Crippen LogP contribution in [0.5, 0.6) is 0 Å². The highest BCUT2D eigenvalue weighted by molar-refractivity contribution is 8.18. The predicted octanol–water partition coefficient (Wildman–Crippen LogP) is 3.63. The van der Waals surface area contributed by atoms with E-state index in [1.54, 1.807) is 18.2 Å². The summed E-state index contributed by atoms with van der Waals surface area (Å²) in [6.07, 6.45) is 1.52. The van der Waals surface area contributed by atoms with Gasteiger partial charge in [0.05, 0.1) is 9.83 Å². The molecule has 2 aromatic rings. The van der Waals surface area contributed by atoms with Gasteiger partial charge in [-0.05, 0) is 35.5 Å². The van der Waals surface area contributed by atoms with Crippen LogP contribution < -0.4 is 5.32 Å². The van der Waals surface area contributed by atoms with Gasteiger partial charge in [0.1, 0.15) is 11.5 Å². The summed E-state index contributed by atoms with van der Waals surface area (Å²) in [5, 5.41) is 13.6. The van der Waals surface area contributed by atoms with Crippen LogP contribution in [0.15, 0.2) is 58.4 Å². The first-order valence-corrected chi connectivity index (χ1v) is 7.63. The molecule has 1 fully saturated rings. The van der Waals surface area contributed by atoms with Crippen molar-refractivity contribution >= 4 is 40.3 Å². The van der Waals surface area contributed by atoms with E-state index >= 15 is 0 Å². The van der Waals surface area contributed by atoms with Crippen molar-refractivity contribution in [2.75, 3.05) is 0 Å². The van der Waals surface area contributed by atoms with Gasteiger partial charge in [0.2, 0.25) is 0 Å². The van der Waals surface area contributed by atoms with Crippen LogP contribution in [0, 0.1) is 15.9 Å². The second-order valence-electron chi connectivity index (χ2n) is 4.79. The molecule has 1 saturated heterocycles. The monoisotopic (exact) mass is 343 g/mol. The number of para-hydroxylation sites is 1. The first-order valence-electron chi connectivity index (χ1n) is 6.81. The summed E-state index contributed by atoms with van der Waals surface area (Å²) < 4.78 is 13.6. The number of hydrogen-bond acceptors (Lipinski definition) is 5. The van der Waals surface area contributed by atoms with Gasteiger partial charge < -0.3 is 5.32 Å². The molecule has 1 aliphatic rings. The molecule has 8 heteroatoms. The Labute approximate surface area is 140 Å². The van der Waals surface area contributed by atoms with Crippen molar-refractivity contribution < 1.29 is 14.1 Å². The van der Waals surface area contributed by atoms with Crippen molar-refractivity contribution in [1.29, 1.82) is 0 Å². The number of nitro benzene ring substituents is 1. The average molecular weight is 343 g/mol. The lowest BCUT2D eigenvalue weighted by Gasteiger charge is -1.97. The van der Waals surface area contributed by atoms with E-state index in [1.807, 2.05) is 0 Å². The molecule has 0 atom stereocenters. The second kappa shape index (κ2) is 6.63. The minimum absolute atomic E-state index is 0.0620. The first-order chi connectivity index (χ1) is 11.5. The average Bonchev–Trinajstić information content (AvgIpc) is 2.89. The molecule has 1 N–H and O–H groups in total. The summed E-state index contributed by atoms with van der Waals surface area (Å²) in [5.41, 5.74) is 0.582. The summed E-state index contributed by atoms with van der Waals surface area (Å²) >= 11 is 1.05. The molecule has 0 aliphatic carbocycles. The van der Waals surface area contributed by atoms with Crippen LogP contribution in [0.25, 0.3) is 6.08 Å². The van der Waals surface area contributed by atoms with E-state index in [1.165, 1.54) is 36.4 Å². The molecular weight excluding hydrogens is 333 g/mol. The summed E-state index contributed by atoms with van der Waals surface area (Å²) in [6.45, 7) is 0. The Bertz CT molecular complexity index is 896. The lowest BCUT2D eigenvalue weighted by molar-refractivity contribution is -0.384. The van der Waals surface area contributed by atoms with Gasteiger partial charge in [-0.2, -0.15) is 0 Å². The number of benzene rings is 2. The summed E-state index contributed by atoms with van der Waals surface area (Å²) in [7, 11) is 0. The Morgan fingerprint density at radius 3 is 2.75 bits per heavy atom. The number of amides is 1. The number of aliphatic imine (C=N–C) groups is 1. The van der Waals surface area contributed by atoms with Crippen molar-refractivity contribution in [3.63, 3.8) is 0 Å². The van der Waals surface area contributed by atoms with E-state index in [4.69, 9.17) is 0 Å². The molecule has 1 amide bonds. The molecule has 6 nitrogen and oxygen atoms in total. The summed E-state index contributed by atoms with van der Waals surface area (Å²) in [5.74, 6) is -0.877. The highest BCUT2D eigenvalue weighted by Crippen LogP contribution is 2.29. The van der Waals surface area contributed by atoms with E-state index in [0.29, 0.717) is 10.5 Å². The molecule has 0 unspecified atom stereocenters. The van der Waals surface area contributed by atoms with E-state index in [-0.39, 0.29) is 22.4 Å². The number of rotatable bonds is 3. The third-order valence-electron chi connectivity index (χ3n) is 3.10. The normalized spacial score (nSPS) is 17.3. The fourth-order valence-corrected chi connectivity index (χ4v) is 2.85. The summed E-state index contributed by atoms with van der Waals surface area (Å²) in [4.78, 5) is 26.7. The van der Waals surface area contributed by atoms with E-state index in [2.05, 4.69) is 10.3 Å². The van der Waals surface area contributed by atoms with Gasteiger partial charge in [-0.3, -0.25) is 14.9 Å². The van der Waals surface area contributed by atoms with Crippen molar-refractivity contribution in [2.24, 2.45) is 4.99 Å². The maximum atomic E-state index is 13.6. The SMILES string of the molecule is O=C1NC(=Nc2ccccc2F)SC1=Cc1cccc([N+](=O)[O-])c1. The Balaban J connectivity index is 1.86. The fraction of sp³-hybridized carbons (Fsp3) is 0. The third-order valence-corrected chi connectivity index (χ3v) is 4.01. The highest BCUT2D eigenvalue weighted by Gasteiger charge is 2.24. The molecule has 0 radical (unpaired) electrons. The Morgan fingerprint density at radius 2 is 2.00 bits per heavy atom. The van der Waals surface area contributed by atoms with E-state index in [0.717, 1.165) is 11.8 Å². The number of nitro groups is 1. The largest absolute Gasteiger partial charge is 0.300 e. The molecule has 24 heavy (non-hydrogen) atoms. The number of nitrogens with one attached hydrogen (secondary N) is 1. The molecule has 0 bridgehead atoms. The maximum absolute atomic E-state index is 13.6. The number of carbonyl (C=O) groups is 1. The minimum atomic E-state index is -0.505. The van der Waals surface area contributed by atoms with Crippen LogP contribution in [-0.4, -0.2) is 16.0 Å². The Hall–Kier alpha value is -3.00. The predicted molar refractivity (Wildman–Crippen MR) is 90.3 cm³/mol. The minimum Gasteiger partial charge on any atom is -0.300 e. The van der Waals surface area contributed by atoms with Crippen molar-refractivity contribution in [1.82, 2.24) is 5.32 Å². The number of non-ortho nitro benzene ring substituents is 1. The molecule has 0 saturated carbocycles. The molecule has 1 aliphatic heterocycles. The second-order valence-corrected chi connectivity index (χ2v) is 5.82. The first kappa shape index (κ1) is 15.9. The molecule has 3 rings (SSSR count). The molecule has 2 aromatic carbocycles. The standard InChI is InChI=1S/C16H10FN3O3S/c17-12-6-1-2-7-13(12)18-16-19-15(21)14(24-16)9-10-4-3-5-11(8-10)20(22)23/h1-9H,(H,18,19,21). The Kier molecular flexibility index (Phi) is 4.39. The quantitative estimate of drug-likeness (QED) is 0.524. The number of carbonyl (C=O) groups excluding carboxylic acids is 1. The van der Waals surface area contributed by atoms with Gasteiger partial charge in [-0.25, -0.2) is 9.38 Å². The fourth-order valence-electron chi connectivity index (χ4n) is 2.01. The number of halogens is 1. The van der Waals surface area contributed by atoms with E-state index in [9.17, 15) is 19.3 Å². The zero-order valence-corrected chi connectivity index (χ0v) is 12.9. The number of amidine groups is 1. The number of thioether (sulfide) groups is 1. The summed E-state index contributed by atoms with van der Waals surface area (Å²) in [6, 6.07) is 11.9. The lowest BCUT2D eigenvalue weighted by atomic mass is 10.2. The van der Waals surface area contributed by atoms with Crippen LogP contribution in [0.2, 0.25) is 0 Å².